The van der Waals surface area contributed by atoms with Crippen LogP contribution in [0.25, 0.3) is 6.08 Å². The van der Waals surface area contributed by atoms with Crippen LogP contribution in [0.1, 0.15) is 11.9 Å². The van der Waals surface area contributed by atoms with E-state index in [1.165, 1.54) is 24.3 Å². The first-order valence-electron chi connectivity index (χ1n) is 2.87. The predicted molar refractivity (Wildman–Crippen MR) is 41.8 cm³/mol. The van der Waals surface area contributed by atoms with Gasteiger partial charge in [-0.05, 0) is 19.1 Å². The van der Waals surface area contributed by atoms with Crippen LogP contribution in [0, 0.1) is 0 Å². The Kier molecular flexibility index (Phi) is 2.34. The molecule has 0 aliphatic rings. The van der Waals surface area contributed by atoms with E-state index in [2.05, 4.69) is 4.98 Å². The second-order valence-electron chi connectivity index (χ2n) is 1.81. The standard InChI is InChI=1S/C7H7NOS/c1-6(9)2-3-7-8-4-5-10-7/h2-5H,1H3. The minimum absolute atomic E-state index is 0.0511. The first kappa shape index (κ1) is 7.15. The van der Waals surface area contributed by atoms with E-state index < -0.39 is 0 Å². The molecule has 1 aromatic heterocycles. The van der Waals surface area contributed by atoms with E-state index in [1.54, 1.807) is 12.3 Å². The van der Waals surface area contributed by atoms with Gasteiger partial charge in [0.2, 0.25) is 0 Å². The van der Waals surface area contributed by atoms with Gasteiger partial charge in [-0.25, -0.2) is 4.98 Å². The van der Waals surface area contributed by atoms with Crippen LogP contribution in [0.3, 0.4) is 0 Å². The third kappa shape index (κ3) is 2.11. The quantitative estimate of drug-likeness (QED) is 0.606. The molecular formula is C7H7NOS. The number of ketones is 1. The van der Waals surface area contributed by atoms with Crippen LogP contribution < -0.4 is 0 Å². The van der Waals surface area contributed by atoms with E-state index in [9.17, 15) is 4.79 Å². The van der Waals surface area contributed by atoms with Gasteiger partial charge in [0.1, 0.15) is 5.01 Å². The molecule has 0 amide bonds. The molecule has 10 heavy (non-hydrogen) atoms. The van der Waals surface area contributed by atoms with Gasteiger partial charge in [0.05, 0.1) is 0 Å². The van der Waals surface area contributed by atoms with Gasteiger partial charge in [-0.3, -0.25) is 4.79 Å². The molecule has 1 heterocycles. The van der Waals surface area contributed by atoms with Gasteiger partial charge in [-0.2, -0.15) is 0 Å². The summed E-state index contributed by atoms with van der Waals surface area (Å²) < 4.78 is 0. The van der Waals surface area contributed by atoms with Crippen LogP contribution in [0.2, 0.25) is 0 Å². The second kappa shape index (κ2) is 3.27. The van der Waals surface area contributed by atoms with E-state index in [-0.39, 0.29) is 5.78 Å². The maximum atomic E-state index is 10.4. The van der Waals surface area contributed by atoms with Gasteiger partial charge >= 0.3 is 0 Å². The van der Waals surface area contributed by atoms with Crippen molar-refractivity contribution < 1.29 is 4.79 Å². The lowest BCUT2D eigenvalue weighted by molar-refractivity contribution is -0.112. The monoisotopic (exact) mass is 153 g/mol. The molecule has 0 fully saturated rings. The third-order valence-electron chi connectivity index (χ3n) is 0.912. The van der Waals surface area contributed by atoms with Gasteiger partial charge in [-0.15, -0.1) is 11.3 Å². The molecule has 0 aromatic carbocycles. The van der Waals surface area contributed by atoms with E-state index >= 15 is 0 Å². The zero-order chi connectivity index (χ0) is 7.40. The molecule has 0 aliphatic heterocycles. The number of hydrogen-bond donors (Lipinski definition) is 0. The minimum Gasteiger partial charge on any atom is -0.295 e. The Morgan fingerprint density at radius 3 is 3.10 bits per heavy atom. The highest BCUT2D eigenvalue weighted by molar-refractivity contribution is 7.10. The summed E-state index contributed by atoms with van der Waals surface area (Å²) in [4.78, 5) is 14.4. The molecule has 2 nitrogen and oxygen atoms in total. The van der Waals surface area contributed by atoms with Gasteiger partial charge in [0.25, 0.3) is 0 Å². The molecule has 0 N–H and O–H groups in total. The number of thiazole rings is 1. The summed E-state index contributed by atoms with van der Waals surface area (Å²) in [7, 11) is 0. The Balaban J connectivity index is 2.64. The van der Waals surface area contributed by atoms with Gasteiger partial charge in [0, 0.05) is 11.6 Å². The summed E-state index contributed by atoms with van der Waals surface area (Å²) in [5.74, 6) is 0.0511. The van der Waals surface area contributed by atoms with Gasteiger partial charge < -0.3 is 0 Å². The fraction of sp³-hybridized carbons (Fsp3) is 0.143. The second-order valence-corrected chi connectivity index (χ2v) is 2.74. The van der Waals surface area contributed by atoms with Gasteiger partial charge in [0.15, 0.2) is 5.78 Å². The SMILES string of the molecule is CC(=O)C=Cc1nccs1. The smallest absolute Gasteiger partial charge is 0.152 e. The molecule has 1 rings (SSSR count). The first-order valence-corrected chi connectivity index (χ1v) is 3.75. The minimum atomic E-state index is 0.0511. The molecule has 0 aliphatic carbocycles. The molecule has 0 spiro atoms. The van der Waals surface area contributed by atoms with Crippen molar-refractivity contribution in [2.24, 2.45) is 0 Å². The van der Waals surface area contributed by atoms with Crippen LogP contribution in [-0.2, 0) is 4.79 Å². The van der Waals surface area contributed by atoms with Crippen LogP contribution in [0.5, 0.6) is 0 Å². The largest absolute Gasteiger partial charge is 0.295 e. The molecule has 3 heteroatoms. The predicted octanol–water partition coefficient (Wildman–Crippen LogP) is 1.75. The van der Waals surface area contributed by atoms with Crippen molar-refractivity contribution in [3.8, 4) is 0 Å². The fourth-order valence-corrected chi connectivity index (χ4v) is 1.03. The Hall–Kier alpha value is -0.960. The van der Waals surface area contributed by atoms with Gasteiger partial charge in [-0.1, -0.05) is 0 Å². The lowest BCUT2D eigenvalue weighted by atomic mass is 10.4. The molecule has 0 atom stereocenters. The fourth-order valence-electron chi connectivity index (χ4n) is 0.505. The summed E-state index contributed by atoms with van der Waals surface area (Å²) in [6.07, 6.45) is 4.94. The average molecular weight is 153 g/mol. The van der Waals surface area contributed by atoms with Crippen LogP contribution in [0.4, 0.5) is 0 Å². The van der Waals surface area contributed by atoms with Crippen molar-refractivity contribution in [2.45, 2.75) is 6.92 Å². The van der Waals surface area contributed by atoms with E-state index in [0.29, 0.717) is 0 Å². The van der Waals surface area contributed by atoms with Crippen LogP contribution in [-0.4, -0.2) is 10.8 Å². The summed E-state index contributed by atoms with van der Waals surface area (Å²) in [5.41, 5.74) is 0. The average Bonchev–Trinajstić information content (AvgIpc) is 2.34. The molecule has 0 bridgehead atoms. The molecule has 52 valence electrons. The number of rotatable bonds is 2. The summed E-state index contributed by atoms with van der Waals surface area (Å²) in [6.45, 7) is 1.52. The zero-order valence-electron chi connectivity index (χ0n) is 5.57. The van der Waals surface area contributed by atoms with E-state index in [0.717, 1.165) is 5.01 Å². The Labute approximate surface area is 63.2 Å². The highest BCUT2D eigenvalue weighted by Crippen LogP contribution is 2.05. The lowest BCUT2D eigenvalue weighted by Crippen LogP contribution is -1.78. The first-order chi connectivity index (χ1) is 4.79. The number of hydrogen-bond acceptors (Lipinski definition) is 3. The van der Waals surface area contributed by atoms with Crippen molar-refractivity contribution in [2.75, 3.05) is 0 Å². The highest BCUT2D eigenvalue weighted by atomic mass is 32.1. The number of allylic oxidation sites excluding steroid dienone is 1. The molecule has 0 saturated carbocycles. The topological polar surface area (TPSA) is 30.0 Å². The van der Waals surface area contributed by atoms with Crippen molar-refractivity contribution in [1.82, 2.24) is 4.98 Å². The molecular weight excluding hydrogens is 146 g/mol. The zero-order valence-corrected chi connectivity index (χ0v) is 6.39. The maximum absolute atomic E-state index is 10.4. The van der Waals surface area contributed by atoms with Crippen molar-refractivity contribution in [1.29, 1.82) is 0 Å². The maximum Gasteiger partial charge on any atom is 0.152 e. The van der Waals surface area contributed by atoms with Crippen molar-refractivity contribution in [3.63, 3.8) is 0 Å². The normalized spacial score (nSPS) is 10.5. The van der Waals surface area contributed by atoms with Crippen LogP contribution in [0.15, 0.2) is 17.7 Å². The third-order valence-corrected chi connectivity index (χ3v) is 1.65. The summed E-state index contributed by atoms with van der Waals surface area (Å²) >= 11 is 1.51. The Morgan fingerprint density at radius 1 is 1.80 bits per heavy atom. The van der Waals surface area contributed by atoms with E-state index in [4.69, 9.17) is 0 Å². The molecule has 0 unspecified atom stereocenters. The summed E-state index contributed by atoms with van der Waals surface area (Å²) in [5, 5.41) is 2.75. The number of nitrogens with zero attached hydrogens (tertiary/aromatic N) is 1. The Morgan fingerprint density at radius 2 is 2.60 bits per heavy atom. The van der Waals surface area contributed by atoms with Crippen molar-refractivity contribution >= 4 is 23.2 Å². The number of carbonyl (C=O) groups is 1. The van der Waals surface area contributed by atoms with E-state index in [1.807, 2.05) is 5.38 Å². The Bertz CT molecular complexity index is 238. The van der Waals surface area contributed by atoms with Crippen LogP contribution >= 0.6 is 11.3 Å². The number of aromatic nitrogens is 1. The molecule has 0 saturated heterocycles. The summed E-state index contributed by atoms with van der Waals surface area (Å²) in [6, 6.07) is 0. The number of carbonyl (C=O) groups excluding carboxylic acids is 1. The lowest BCUT2D eigenvalue weighted by Gasteiger charge is -1.78. The van der Waals surface area contributed by atoms with Crippen molar-refractivity contribution in [3.05, 3.63) is 22.7 Å². The molecule has 0 radical (unpaired) electrons. The highest BCUT2D eigenvalue weighted by Gasteiger charge is 1.87. The molecule has 1 aromatic rings.